The maximum absolute atomic E-state index is 13.4. The number of nitrogens with one attached hydrogen (secondary N) is 1. The van der Waals surface area contributed by atoms with Gasteiger partial charge >= 0.3 is 5.69 Å². The zero-order valence-electron chi connectivity index (χ0n) is 15.0. The Morgan fingerprint density at radius 1 is 1.25 bits per heavy atom. The van der Waals surface area contributed by atoms with Crippen molar-refractivity contribution in [3.05, 3.63) is 64.5 Å². The number of nitro benzene ring substituents is 1. The Bertz CT molecular complexity index is 1030. The molecule has 3 rings (SSSR count). The number of nitro groups is 1. The fraction of sp³-hybridized carbons (Fsp3) is 0.167. The quantitative estimate of drug-likeness (QED) is 0.384. The van der Waals surface area contributed by atoms with Crippen molar-refractivity contribution in [1.29, 1.82) is 0 Å². The maximum atomic E-state index is 13.4. The molecule has 3 aromatic rings. The SMILES string of the molecule is C[C@H](Sc1nnc(-c2ccccc2)n1C)C(=O)Nc1ccc(F)c([N+](=O)[O-])c1. The Labute approximate surface area is 163 Å². The molecule has 10 heteroatoms. The number of benzene rings is 2. The summed E-state index contributed by atoms with van der Waals surface area (Å²) in [7, 11) is 1.80. The average molecular weight is 401 g/mol. The number of amides is 1. The van der Waals surface area contributed by atoms with Crippen LogP contribution in [-0.2, 0) is 11.8 Å². The first-order chi connectivity index (χ1) is 13.4. The van der Waals surface area contributed by atoms with Crippen LogP contribution in [0, 0.1) is 15.9 Å². The van der Waals surface area contributed by atoms with E-state index in [0.29, 0.717) is 11.0 Å². The molecular formula is C18H16FN5O3S. The van der Waals surface area contributed by atoms with Gasteiger partial charge in [-0.15, -0.1) is 10.2 Å². The van der Waals surface area contributed by atoms with Crippen LogP contribution in [0.25, 0.3) is 11.4 Å². The fourth-order valence-electron chi connectivity index (χ4n) is 2.44. The highest BCUT2D eigenvalue weighted by molar-refractivity contribution is 8.00. The highest BCUT2D eigenvalue weighted by atomic mass is 32.2. The number of thioether (sulfide) groups is 1. The molecule has 0 aliphatic carbocycles. The first-order valence-corrected chi connectivity index (χ1v) is 9.11. The number of hydrogen-bond acceptors (Lipinski definition) is 6. The van der Waals surface area contributed by atoms with E-state index in [9.17, 15) is 19.3 Å². The Balaban J connectivity index is 1.71. The average Bonchev–Trinajstić information content (AvgIpc) is 3.04. The molecule has 0 saturated carbocycles. The third-order valence-electron chi connectivity index (χ3n) is 3.93. The second-order valence-electron chi connectivity index (χ2n) is 5.90. The van der Waals surface area contributed by atoms with E-state index in [2.05, 4.69) is 15.5 Å². The Morgan fingerprint density at radius 3 is 2.64 bits per heavy atom. The van der Waals surface area contributed by atoms with Crippen LogP contribution >= 0.6 is 11.8 Å². The second-order valence-corrected chi connectivity index (χ2v) is 7.21. The summed E-state index contributed by atoms with van der Waals surface area (Å²) < 4.78 is 15.2. The molecule has 0 saturated heterocycles. The number of hydrogen-bond donors (Lipinski definition) is 1. The van der Waals surface area contributed by atoms with Crippen LogP contribution in [0.15, 0.2) is 53.7 Å². The summed E-state index contributed by atoms with van der Waals surface area (Å²) in [5, 5.41) is 21.7. The molecule has 0 fully saturated rings. The Kier molecular flexibility index (Phi) is 5.69. The van der Waals surface area contributed by atoms with Gasteiger partial charge in [-0.3, -0.25) is 14.9 Å². The molecule has 0 spiro atoms. The molecule has 0 unspecified atom stereocenters. The van der Waals surface area contributed by atoms with E-state index in [0.717, 1.165) is 17.7 Å². The number of rotatable bonds is 6. The van der Waals surface area contributed by atoms with E-state index >= 15 is 0 Å². The monoisotopic (exact) mass is 401 g/mol. The number of anilines is 1. The van der Waals surface area contributed by atoms with Crippen molar-refractivity contribution in [2.45, 2.75) is 17.3 Å². The largest absolute Gasteiger partial charge is 0.325 e. The third-order valence-corrected chi connectivity index (χ3v) is 5.06. The maximum Gasteiger partial charge on any atom is 0.306 e. The van der Waals surface area contributed by atoms with Crippen LogP contribution in [-0.4, -0.2) is 30.8 Å². The van der Waals surface area contributed by atoms with Crippen molar-refractivity contribution in [3.8, 4) is 11.4 Å². The summed E-state index contributed by atoms with van der Waals surface area (Å²) in [6.07, 6.45) is 0. The molecular weight excluding hydrogens is 385 g/mol. The van der Waals surface area contributed by atoms with Crippen molar-refractivity contribution in [2.75, 3.05) is 5.32 Å². The van der Waals surface area contributed by atoms with E-state index < -0.39 is 27.6 Å². The molecule has 28 heavy (non-hydrogen) atoms. The summed E-state index contributed by atoms with van der Waals surface area (Å²) in [5.74, 6) is -0.682. The summed E-state index contributed by atoms with van der Waals surface area (Å²) in [4.78, 5) is 22.4. The van der Waals surface area contributed by atoms with Gasteiger partial charge in [-0.25, -0.2) is 0 Å². The van der Waals surface area contributed by atoms with Gasteiger partial charge in [0.1, 0.15) is 0 Å². The molecule has 1 aromatic heterocycles. The van der Waals surface area contributed by atoms with Crippen molar-refractivity contribution in [2.24, 2.45) is 7.05 Å². The lowest BCUT2D eigenvalue weighted by Crippen LogP contribution is -2.23. The smallest absolute Gasteiger partial charge is 0.306 e. The highest BCUT2D eigenvalue weighted by Gasteiger charge is 2.21. The second kappa shape index (κ2) is 8.17. The highest BCUT2D eigenvalue weighted by Crippen LogP contribution is 2.27. The van der Waals surface area contributed by atoms with Gasteiger partial charge in [0.05, 0.1) is 10.2 Å². The summed E-state index contributed by atoms with van der Waals surface area (Å²) in [6.45, 7) is 1.68. The lowest BCUT2D eigenvalue weighted by atomic mass is 10.2. The van der Waals surface area contributed by atoms with Crippen LogP contribution < -0.4 is 5.32 Å². The summed E-state index contributed by atoms with van der Waals surface area (Å²) in [6, 6.07) is 12.7. The van der Waals surface area contributed by atoms with Gasteiger partial charge in [0.25, 0.3) is 0 Å². The molecule has 0 aliphatic rings. The first-order valence-electron chi connectivity index (χ1n) is 8.23. The number of halogens is 1. The predicted molar refractivity (Wildman–Crippen MR) is 103 cm³/mol. The molecule has 144 valence electrons. The molecule has 0 radical (unpaired) electrons. The zero-order valence-corrected chi connectivity index (χ0v) is 15.8. The first kappa shape index (κ1) is 19.5. The lowest BCUT2D eigenvalue weighted by molar-refractivity contribution is -0.387. The van der Waals surface area contributed by atoms with Gasteiger partial charge < -0.3 is 9.88 Å². The molecule has 0 aliphatic heterocycles. The molecule has 8 nitrogen and oxygen atoms in total. The topological polar surface area (TPSA) is 103 Å². The number of carbonyl (C=O) groups is 1. The van der Waals surface area contributed by atoms with Crippen LogP contribution in [0.2, 0.25) is 0 Å². The van der Waals surface area contributed by atoms with E-state index in [1.54, 1.807) is 18.5 Å². The van der Waals surface area contributed by atoms with E-state index in [1.165, 1.54) is 17.8 Å². The van der Waals surface area contributed by atoms with Crippen LogP contribution in [0.4, 0.5) is 15.8 Å². The van der Waals surface area contributed by atoms with Crippen molar-refractivity contribution < 1.29 is 14.1 Å². The summed E-state index contributed by atoms with van der Waals surface area (Å²) >= 11 is 1.20. The van der Waals surface area contributed by atoms with Crippen molar-refractivity contribution in [1.82, 2.24) is 14.8 Å². The van der Waals surface area contributed by atoms with E-state index in [1.807, 2.05) is 30.3 Å². The van der Waals surface area contributed by atoms with Crippen LogP contribution in [0.3, 0.4) is 0 Å². The molecule has 1 atom stereocenters. The minimum Gasteiger partial charge on any atom is -0.325 e. The number of nitrogens with zero attached hydrogens (tertiary/aromatic N) is 4. The minimum atomic E-state index is -0.960. The predicted octanol–water partition coefficient (Wildman–Crippen LogP) is 3.65. The van der Waals surface area contributed by atoms with E-state index in [4.69, 9.17) is 0 Å². The Hall–Kier alpha value is -3.27. The Morgan fingerprint density at radius 2 is 1.96 bits per heavy atom. The summed E-state index contributed by atoms with van der Waals surface area (Å²) in [5.41, 5.74) is 0.354. The number of carbonyl (C=O) groups excluding carboxylic acids is 1. The lowest BCUT2D eigenvalue weighted by Gasteiger charge is -2.12. The van der Waals surface area contributed by atoms with E-state index in [-0.39, 0.29) is 5.69 Å². The van der Waals surface area contributed by atoms with Gasteiger partial charge in [-0.2, -0.15) is 4.39 Å². The van der Waals surface area contributed by atoms with Gasteiger partial charge in [0.2, 0.25) is 11.7 Å². The molecule has 1 N–H and O–H groups in total. The third kappa shape index (κ3) is 4.17. The standard InChI is InChI=1S/C18H16FN5O3S/c1-11(17(25)20-13-8-9-14(19)15(10-13)24(26)27)28-18-22-21-16(23(18)2)12-6-4-3-5-7-12/h3-11H,1-2H3,(H,20,25)/t11-/m0/s1. The minimum absolute atomic E-state index is 0.147. The van der Waals surface area contributed by atoms with Crippen LogP contribution in [0.1, 0.15) is 6.92 Å². The molecule has 0 bridgehead atoms. The number of aromatic nitrogens is 3. The van der Waals surface area contributed by atoms with Crippen molar-refractivity contribution >= 4 is 29.0 Å². The zero-order chi connectivity index (χ0) is 20.3. The normalized spacial score (nSPS) is 11.8. The fourth-order valence-corrected chi connectivity index (χ4v) is 3.26. The van der Waals surface area contributed by atoms with Crippen LogP contribution in [0.5, 0.6) is 0 Å². The molecule has 2 aromatic carbocycles. The van der Waals surface area contributed by atoms with Gasteiger partial charge in [0.15, 0.2) is 11.0 Å². The van der Waals surface area contributed by atoms with Gasteiger partial charge in [-0.1, -0.05) is 42.1 Å². The van der Waals surface area contributed by atoms with Crippen molar-refractivity contribution in [3.63, 3.8) is 0 Å². The van der Waals surface area contributed by atoms with Gasteiger partial charge in [0, 0.05) is 24.4 Å². The molecule has 1 heterocycles. The van der Waals surface area contributed by atoms with Gasteiger partial charge in [-0.05, 0) is 19.1 Å². The molecule has 1 amide bonds.